The van der Waals surface area contributed by atoms with Crippen molar-refractivity contribution in [3.63, 3.8) is 0 Å². The molecule has 0 spiro atoms. The molecular formula is C27H29N5O2. The zero-order valence-corrected chi connectivity index (χ0v) is 19.8. The number of piperazine rings is 1. The van der Waals surface area contributed by atoms with E-state index in [0.29, 0.717) is 18.8 Å². The van der Waals surface area contributed by atoms with E-state index in [4.69, 9.17) is 9.84 Å². The SMILES string of the molecule is COc1ccc(N2CCN(C(=O)c3cc(-c4cccn4C)nn3-c3ccc(C)cc3)CC2)cc1. The molecule has 5 rings (SSSR count). The van der Waals surface area contributed by atoms with Crippen LogP contribution in [0.25, 0.3) is 17.1 Å². The first-order valence-corrected chi connectivity index (χ1v) is 11.5. The van der Waals surface area contributed by atoms with E-state index >= 15 is 0 Å². The minimum Gasteiger partial charge on any atom is -0.497 e. The second-order valence-electron chi connectivity index (χ2n) is 8.64. The largest absolute Gasteiger partial charge is 0.497 e. The quantitative estimate of drug-likeness (QED) is 0.454. The second kappa shape index (κ2) is 9.09. The maximum atomic E-state index is 13.7. The minimum absolute atomic E-state index is 0.00270. The summed E-state index contributed by atoms with van der Waals surface area (Å²) < 4.78 is 9.06. The van der Waals surface area contributed by atoms with Crippen LogP contribution in [-0.4, -0.2) is 58.4 Å². The molecule has 1 aliphatic heterocycles. The third-order valence-corrected chi connectivity index (χ3v) is 6.42. The third kappa shape index (κ3) is 4.17. The van der Waals surface area contributed by atoms with E-state index in [9.17, 15) is 4.79 Å². The first-order valence-electron chi connectivity index (χ1n) is 11.5. The number of anilines is 1. The molecule has 2 aromatic heterocycles. The Morgan fingerprint density at radius 1 is 0.912 bits per heavy atom. The Balaban J connectivity index is 1.40. The molecule has 0 bridgehead atoms. The van der Waals surface area contributed by atoms with Crippen molar-refractivity contribution < 1.29 is 9.53 Å². The fourth-order valence-electron chi connectivity index (χ4n) is 4.39. The van der Waals surface area contributed by atoms with E-state index in [0.717, 1.165) is 41.6 Å². The molecule has 0 radical (unpaired) electrons. The van der Waals surface area contributed by atoms with Crippen molar-refractivity contribution in [3.05, 3.63) is 84.2 Å². The molecule has 0 atom stereocenters. The summed E-state index contributed by atoms with van der Waals surface area (Å²) in [5, 5.41) is 4.83. The van der Waals surface area contributed by atoms with Crippen molar-refractivity contribution in [2.45, 2.75) is 6.92 Å². The average Bonchev–Trinajstić information content (AvgIpc) is 3.50. The van der Waals surface area contributed by atoms with Crippen molar-refractivity contribution in [2.75, 3.05) is 38.2 Å². The standard InChI is InChI=1S/C27H29N5O2/c1-20-6-8-22(9-7-20)32-26(19-24(28-32)25-5-4-14-29(25)2)27(33)31-17-15-30(16-18-31)21-10-12-23(34-3)13-11-21/h4-14,19H,15-18H2,1-3H3. The van der Waals surface area contributed by atoms with Gasteiger partial charge in [0.15, 0.2) is 0 Å². The maximum Gasteiger partial charge on any atom is 0.272 e. The van der Waals surface area contributed by atoms with Crippen molar-refractivity contribution in [1.29, 1.82) is 0 Å². The monoisotopic (exact) mass is 455 g/mol. The molecule has 3 heterocycles. The molecule has 2 aromatic carbocycles. The summed E-state index contributed by atoms with van der Waals surface area (Å²) in [6, 6.07) is 22.1. The summed E-state index contributed by atoms with van der Waals surface area (Å²) >= 11 is 0. The van der Waals surface area contributed by atoms with Crippen LogP contribution in [-0.2, 0) is 7.05 Å². The number of benzene rings is 2. The number of aromatic nitrogens is 3. The highest BCUT2D eigenvalue weighted by Gasteiger charge is 2.27. The Hall–Kier alpha value is -4.00. The van der Waals surface area contributed by atoms with Crippen molar-refractivity contribution in [3.8, 4) is 22.8 Å². The molecule has 34 heavy (non-hydrogen) atoms. The lowest BCUT2D eigenvalue weighted by atomic mass is 10.2. The number of carbonyl (C=O) groups is 1. The normalized spacial score (nSPS) is 13.9. The van der Waals surface area contributed by atoms with Crippen LogP contribution in [0.3, 0.4) is 0 Å². The van der Waals surface area contributed by atoms with E-state index in [1.54, 1.807) is 11.8 Å². The van der Waals surface area contributed by atoms with Crippen LogP contribution in [0.5, 0.6) is 5.75 Å². The van der Waals surface area contributed by atoms with Gasteiger partial charge in [-0.25, -0.2) is 4.68 Å². The second-order valence-corrected chi connectivity index (χ2v) is 8.64. The molecule has 0 aliphatic carbocycles. The molecule has 7 heteroatoms. The van der Waals surface area contributed by atoms with Gasteiger partial charge in [0.2, 0.25) is 0 Å². The molecule has 174 valence electrons. The van der Waals surface area contributed by atoms with Crippen molar-refractivity contribution in [1.82, 2.24) is 19.2 Å². The highest BCUT2D eigenvalue weighted by molar-refractivity contribution is 5.94. The Bertz CT molecular complexity index is 1280. The lowest BCUT2D eigenvalue weighted by molar-refractivity contribution is 0.0737. The molecular weight excluding hydrogens is 426 g/mol. The summed E-state index contributed by atoms with van der Waals surface area (Å²) in [6.45, 7) is 4.92. The molecule has 1 aliphatic rings. The van der Waals surface area contributed by atoms with E-state index in [1.807, 2.05) is 77.3 Å². The molecule has 4 aromatic rings. The summed E-state index contributed by atoms with van der Waals surface area (Å²) in [5.74, 6) is 0.846. The highest BCUT2D eigenvalue weighted by Crippen LogP contribution is 2.25. The van der Waals surface area contributed by atoms with E-state index in [-0.39, 0.29) is 5.91 Å². The Morgan fingerprint density at radius 2 is 1.59 bits per heavy atom. The molecule has 1 amide bonds. The Morgan fingerprint density at radius 3 is 2.21 bits per heavy atom. The van der Waals surface area contributed by atoms with E-state index < -0.39 is 0 Å². The van der Waals surface area contributed by atoms with Gasteiger partial charge in [-0.15, -0.1) is 0 Å². The van der Waals surface area contributed by atoms with Gasteiger partial charge in [-0.2, -0.15) is 5.10 Å². The minimum atomic E-state index is 0.00270. The van der Waals surface area contributed by atoms with Crippen LogP contribution < -0.4 is 9.64 Å². The van der Waals surface area contributed by atoms with Crippen LogP contribution in [0.4, 0.5) is 5.69 Å². The summed E-state index contributed by atoms with van der Waals surface area (Å²) in [4.78, 5) is 17.9. The van der Waals surface area contributed by atoms with Crippen LogP contribution in [0.2, 0.25) is 0 Å². The van der Waals surface area contributed by atoms with Crippen LogP contribution in [0.15, 0.2) is 72.9 Å². The number of nitrogens with zero attached hydrogens (tertiary/aromatic N) is 5. The van der Waals surface area contributed by atoms with Gasteiger partial charge in [-0.3, -0.25) is 4.79 Å². The lowest BCUT2D eigenvalue weighted by Crippen LogP contribution is -2.49. The van der Waals surface area contributed by atoms with Gasteiger partial charge in [0, 0.05) is 45.1 Å². The fraction of sp³-hybridized carbons (Fsp3) is 0.259. The zero-order valence-electron chi connectivity index (χ0n) is 19.8. The van der Waals surface area contributed by atoms with Gasteiger partial charge in [0.1, 0.15) is 17.1 Å². The van der Waals surface area contributed by atoms with Gasteiger partial charge < -0.3 is 19.1 Å². The van der Waals surface area contributed by atoms with Gasteiger partial charge in [0.05, 0.1) is 18.5 Å². The smallest absolute Gasteiger partial charge is 0.272 e. The molecule has 1 fully saturated rings. The summed E-state index contributed by atoms with van der Waals surface area (Å²) in [7, 11) is 3.66. The topological polar surface area (TPSA) is 55.5 Å². The first kappa shape index (κ1) is 21.8. The summed E-state index contributed by atoms with van der Waals surface area (Å²) in [5.41, 5.74) is 5.53. The predicted molar refractivity (Wildman–Crippen MR) is 134 cm³/mol. The predicted octanol–water partition coefficient (Wildman–Crippen LogP) is 4.16. The third-order valence-electron chi connectivity index (χ3n) is 6.42. The molecule has 0 saturated carbocycles. The van der Waals surface area contributed by atoms with Crippen molar-refractivity contribution in [2.24, 2.45) is 7.05 Å². The van der Waals surface area contributed by atoms with Crippen LogP contribution in [0.1, 0.15) is 16.1 Å². The Kier molecular flexibility index (Phi) is 5.84. The number of hydrogen-bond donors (Lipinski definition) is 0. The molecule has 7 nitrogen and oxygen atoms in total. The Labute approximate surface area is 199 Å². The number of carbonyl (C=O) groups excluding carboxylic acids is 1. The van der Waals surface area contributed by atoms with Gasteiger partial charge >= 0.3 is 0 Å². The van der Waals surface area contributed by atoms with Gasteiger partial charge in [-0.05, 0) is 61.5 Å². The number of ether oxygens (including phenoxy) is 1. The first-order chi connectivity index (χ1) is 16.5. The van der Waals surface area contributed by atoms with Crippen molar-refractivity contribution >= 4 is 11.6 Å². The number of aryl methyl sites for hydroxylation is 2. The number of hydrogen-bond acceptors (Lipinski definition) is 4. The number of rotatable bonds is 5. The van der Waals surface area contributed by atoms with E-state index in [1.165, 1.54) is 5.56 Å². The van der Waals surface area contributed by atoms with Gasteiger partial charge in [0.25, 0.3) is 5.91 Å². The van der Waals surface area contributed by atoms with E-state index in [2.05, 4.69) is 24.0 Å². The number of methoxy groups -OCH3 is 1. The zero-order chi connectivity index (χ0) is 23.7. The van der Waals surface area contributed by atoms with Crippen LogP contribution in [0, 0.1) is 6.92 Å². The summed E-state index contributed by atoms with van der Waals surface area (Å²) in [6.07, 6.45) is 1.99. The van der Waals surface area contributed by atoms with Crippen LogP contribution >= 0.6 is 0 Å². The molecule has 0 unspecified atom stereocenters. The molecule has 0 N–H and O–H groups in total. The fourth-order valence-corrected chi connectivity index (χ4v) is 4.39. The molecule has 1 saturated heterocycles. The lowest BCUT2D eigenvalue weighted by Gasteiger charge is -2.36. The highest BCUT2D eigenvalue weighted by atomic mass is 16.5. The number of amides is 1. The maximum absolute atomic E-state index is 13.7. The average molecular weight is 456 g/mol. The van der Waals surface area contributed by atoms with Gasteiger partial charge in [-0.1, -0.05) is 17.7 Å².